The molecule has 2 nitrogen and oxygen atoms in total. The summed E-state index contributed by atoms with van der Waals surface area (Å²) in [5.74, 6) is 1.55. The molecule has 98 valence electrons. The minimum absolute atomic E-state index is 0.0516. The largest absolute Gasteiger partial charge is 0.352 e. The first-order valence-corrected chi connectivity index (χ1v) is 7.74. The van der Waals surface area contributed by atoms with E-state index in [1.54, 1.807) is 0 Å². The molecule has 0 aliphatic heterocycles. The van der Waals surface area contributed by atoms with Crippen LogP contribution in [0, 0.1) is 11.8 Å². The smallest absolute Gasteiger partial charge is 0.251 e. The quantitative estimate of drug-likeness (QED) is 0.843. The summed E-state index contributed by atoms with van der Waals surface area (Å²) in [5, 5.41) is 3.88. The van der Waals surface area contributed by atoms with Crippen molar-refractivity contribution in [3.8, 4) is 0 Å². The third-order valence-electron chi connectivity index (χ3n) is 3.73. The Balaban J connectivity index is 1.83. The number of amides is 1. The van der Waals surface area contributed by atoms with Crippen molar-refractivity contribution in [1.29, 1.82) is 0 Å². The summed E-state index contributed by atoms with van der Waals surface area (Å²) in [7, 11) is 0. The standard InChI is InChI=1S/C15H20BrNO/c1-11-2-3-13(8-11)10-17-15(18)14-6-4-12(9-16)5-7-14/h4-7,11,13H,2-3,8-10H2,1H3,(H,17,18). The van der Waals surface area contributed by atoms with Crippen LogP contribution >= 0.6 is 15.9 Å². The average molecular weight is 310 g/mol. The molecule has 0 bridgehead atoms. The van der Waals surface area contributed by atoms with Crippen molar-refractivity contribution in [2.75, 3.05) is 6.54 Å². The molecule has 2 rings (SSSR count). The summed E-state index contributed by atoms with van der Waals surface area (Å²) in [4.78, 5) is 12.0. The Kier molecular flexibility index (Phi) is 4.81. The molecule has 1 aliphatic rings. The predicted octanol–water partition coefficient (Wildman–Crippen LogP) is 3.75. The molecular weight excluding hydrogens is 290 g/mol. The number of halogens is 1. The van der Waals surface area contributed by atoms with E-state index in [9.17, 15) is 4.79 Å². The minimum atomic E-state index is 0.0516. The fraction of sp³-hybridized carbons (Fsp3) is 0.533. The second kappa shape index (κ2) is 6.37. The lowest BCUT2D eigenvalue weighted by Gasteiger charge is -2.11. The van der Waals surface area contributed by atoms with Gasteiger partial charge in [-0.25, -0.2) is 0 Å². The number of carbonyl (C=O) groups is 1. The van der Waals surface area contributed by atoms with E-state index in [-0.39, 0.29) is 5.91 Å². The second-order valence-corrected chi connectivity index (χ2v) is 5.89. The van der Waals surface area contributed by atoms with Crippen molar-refractivity contribution in [2.24, 2.45) is 11.8 Å². The van der Waals surface area contributed by atoms with Crippen molar-refractivity contribution in [1.82, 2.24) is 5.32 Å². The van der Waals surface area contributed by atoms with Crippen LogP contribution in [0.2, 0.25) is 0 Å². The van der Waals surface area contributed by atoms with Gasteiger partial charge >= 0.3 is 0 Å². The molecule has 1 fully saturated rings. The predicted molar refractivity (Wildman–Crippen MR) is 77.9 cm³/mol. The number of benzene rings is 1. The summed E-state index contributed by atoms with van der Waals surface area (Å²) < 4.78 is 0. The number of rotatable bonds is 4. The van der Waals surface area contributed by atoms with Crippen LogP contribution in [0.25, 0.3) is 0 Å². The molecule has 1 aromatic rings. The monoisotopic (exact) mass is 309 g/mol. The molecule has 0 aromatic heterocycles. The SMILES string of the molecule is CC1CCC(CNC(=O)c2ccc(CBr)cc2)C1. The summed E-state index contributed by atoms with van der Waals surface area (Å²) in [6, 6.07) is 7.76. The molecule has 18 heavy (non-hydrogen) atoms. The molecule has 0 heterocycles. The van der Waals surface area contributed by atoms with E-state index in [4.69, 9.17) is 0 Å². The van der Waals surface area contributed by atoms with Gasteiger partial charge < -0.3 is 5.32 Å². The van der Waals surface area contributed by atoms with Crippen LogP contribution in [0.15, 0.2) is 24.3 Å². The van der Waals surface area contributed by atoms with Gasteiger partial charge in [0.2, 0.25) is 0 Å². The van der Waals surface area contributed by atoms with E-state index in [1.165, 1.54) is 24.8 Å². The number of nitrogens with one attached hydrogen (secondary N) is 1. The molecule has 1 aromatic carbocycles. The third kappa shape index (κ3) is 3.58. The van der Waals surface area contributed by atoms with E-state index >= 15 is 0 Å². The van der Waals surface area contributed by atoms with Crippen LogP contribution in [0.5, 0.6) is 0 Å². The van der Waals surface area contributed by atoms with Gasteiger partial charge in [0.15, 0.2) is 0 Å². The van der Waals surface area contributed by atoms with Crippen molar-refractivity contribution in [3.63, 3.8) is 0 Å². The molecule has 0 saturated heterocycles. The summed E-state index contributed by atoms with van der Waals surface area (Å²) in [5.41, 5.74) is 1.95. The van der Waals surface area contributed by atoms with Crippen molar-refractivity contribution in [3.05, 3.63) is 35.4 Å². The van der Waals surface area contributed by atoms with Gasteiger partial charge in [-0.05, 0) is 42.4 Å². The fourth-order valence-corrected chi connectivity index (χ4v) is 2.97. The number of hydrogen-bond acceptors (Lipinski definition) is 1. The summed E-state index contributed by atoms with van der Waals surface area (Å²) in [6.45, 7) is 3.12. The Morgan fingerprint density at radius 2 is 2.06 bits per heavy atom. The number of alkyl halides is 1. The zero-order chi connectivity index (χ0) is 13.0. The molecule has 0 spiro atoms. The van der Waals surface area contributed by atoms with E-state index in [0.717, 1.165) is 23.4 Å². The first-order chi connectivity index (χ1) is 8.69. The maximum atomic E-state index is 12.0. The van der Waals surface area contributed by atoms with E-state index in [2.05, 4.69) is 28.2 Å². The lowest BCUT2D eigenvalue weighted by molar-refractivity contribution is 0.0947. The molecule has 3 heteroatoms. The highest BCUT2D eigenvalue weighted by atomic mass is 79.9. The van der Waals surface area contributed by atoms with Crippen LogP contribution in [0.3, 0.4) is 0 Å². The van der Waals surface area contributed by atoms with E-state index < -0.39 is 0 Å². The molecule has 2 atom stereocenters. The number of carbonyl (C=O) groups excluding carboxylic acids is 1. The molecule has 1 saturated carbocycles. The first-order valence-electron chi connectivity index (χ1n) is 6.62. The Bertz CT molecular complexity index is 401. The highest BCUT2D eigenvalue weighted by molar-refractivity contribution is 9.08. The minimum Gasteiger partial charge on any atom is -0.352 e. The maximum absolute atomic E-state index is 12.0. The zero-order valence-electron chi connectivity index (χ0n) is 10.8. The van der Waals surface area contributed by atoms with Gasteiger partial charge in [-0.1, -0.05) is 41.4 Å². The fourth-order valence-electron chi connectivity index (χ4n) is 2.59. The lowest BCUT2D eigenvalue weighted by Crippen LogP contribution is -2.28. The maximum Gasteiger partial charge on any atom is 0.251 e. The third-order valence-corrected chi connectivity index (χ3v) is 4.37. The molecule has 0 radical (unpaired) electrons. The molecule has 1 N–H and O–H groups in total. The van der Waals surface area contributed by atoms with Gasteiger partial charge in [0, 0.05) is 17.4 Å². The van der Waals surface area contributed by atoms with E-state index in [0.29, 0.717) is 5.92 Å². The van der Waals surface area contributed by atoms with Crippen LogP contribution < -0.4 is 5.32 Å². The topological polar surface area (TPSA) is 29.1 Å². The average Bonchev–Trinajstić information content (AvgIpc) is 2.82. The highest BCUT2D eigenvalue weighted by Crippen LogP contribution is 2.29. The zero-order valence-corrected chi connectivity index (χ0v) is 12.4. The first kappa shape index (κ1) is 13.6. The molecule has 1 aliphatic carbocycles. The van der Waals surface area contributed by atoms with Crippen LogP contribution in [-0.2, 0) is 5.33 Å². The van der Waals surface area contributed by atoms with Crippen molar-refractivity contribution < 1.29 is 4.79 Å². The van der Waals surface area contributed by atoms with Gasteiger partial charge in [0.05, 0.1) is 0 Å². The van der Waals surface area contributed by atoms with Crippen molar-refractivity contribution >= 4 is 21.8 Å². The summed E-state index contributed by atoms with van der Waals surface area (Å²) >= 11 is 3.40. The Morgan fingerprint density at radius 3 is 2.61 bits per heavy atom. The molecule has 1 amide bonds. The van der Waals surface area contributed by atoms with Crippen LogP contribution in [0.1, 0.15) is 42.1 Å². The Labute approximate surface area is 117 Å². The van der Waals surface area contributed by atoms with Gasteiger partial charge in [-0.2, -0.15) is 0 Å². The Morgan fingerprint density at radius 1 is 1.33 bits per heavy atom. The van der Waals surface area contributed by atoms with Crippen LogP contribution in [0.4, 0.5) is 0 Å². The van der Waals surface area contributed by atoms with Gasteiger partial charge in [0.1, 0.15) is 0 Å². The normalized spacial score (nSPS) is 23.0. The molecular formula is C15H20BrNO. The van der Waals surface area contributed by atoms with Gasteiger partial charge in [-0.3, -0.25) is 4.79 Å². The van der Waals surface area contributed by atoms with Crippen molar-refractivity contribution in [2.45, 2.75) is 31.5 Å². The second-order valence-electron chi connectivity index (χ2n) is 5.32. The van der Waals surface area contributed by atoms with Gasteiger partial charge in [0.25, 0.3) is 5.91 Å². The Hall–Kier alpha value is -0.830. The van der Waals surface area contributed by atoms with Crippen LogP contribution in [-0.4, -0.2) is 12.5 Å². The van der Waals surface area contributed by atoms with E-state index in [1.807, 2.05) is 24.3 Å². The lowest BCUT2D eigenvalue weighted by atomic mass is 10.1. The summed E-state index contributed by atoms with van der Waals surface area (Å²) in [6.07, 6.45) is 3.81. The molecule has 2 unspecified atom stereocenters. The number of hydrogen-bond donors (Lipinski definition) is 1. The highest BCUT2D eigenvalue weighted by Gasteiger charge is 2.21. The van der Waals surface area contributed by atoms with Gasteiger partial charge in [-0.15, -0.1) is 0 Å².